The van der Waals surface area contributed by atoms with E-state index in [1.165, 1.54) is 12.3 Å². The van der Waals surface area contributed by atoms with Crippen LogP contribution >= 0.6 is 11.6 Å². The number of rotatable bonds is 3. The Morgan fingerprint density at radius 2 is 2.38 bits per heavy atom. The van der Waals surface area contributed by atoms with Gasteiger partial charge in [0.25, 0.3) is 0 Å². The Kier molecular flexibility index (Phi) is 3.86. The van der Waals surface area contributed by atoms with Crippen molar-refractivity contribution in [1.82, 2.24) is 4.98 Å². The van der Waals surface area contributed by atoms with Crippen molar-refractivity contribution >= 4 is 17.7 Å². The first-order chi connectivity index (χ1) is 6.24. The van der Waals surface area contributed by atoms with Crippen molar-refractivity contribution in [2.24, 2.45) is 5.73 Å². The molecule has 0 fully saturated rings. The summed E-state index contributed by atoms with van der Waals surface area (Å²) in [6.45, 7) is 0.571. The van der Waals surface area contributed by atoms with Crippen LogP contribution in [0.4, 0.5) is 4.39 Å². The molecule has 70 valence electrons. The SMILES string of the molecule is NCCC=Cc1cc(F)ncc1Cl. The molecule has 0 spiro atoms. The van der Waals surface area contributed by atoms with Gasteiger partial charge in [-0.1, -0.05) is 23.8 Å². The Bertz CT molecular complexity index is 312. The van der Waals surface area contributed by atoms with Gasteiger partial charge in [0.15, 0.2) is 0 Å². The van der Waals surface area contributed by atoms with Crippen molar-refractivity contribution in [3.8, 4) is 0 Å². The van der Waals surface area contributed by atoms with Crippen LogP contribution in [0.2, 0.25) is 5.02 Å². The molecule has 0 bridgehead atoms. The van der Waals surface area contributed by atoms with E-state index in [4.69, 9.17) is 17.3 Å². The summed E-state index contributed by atoms with van der Waals surface area (Å²) in [6.07, 6.45) is 5.62. The van der Waals surface area contributed by atoms with E-state index in [2.05, 4.69) is 4.98 Å². The largest absolute Gasteiger partial charge is 0.330 e. The summed E-state index contributed by atoms with van der Waals surface area (Å²) in [6, 6.07) is 1.29. The molecular formula is C9H10ClFN2. The highest BCUT2D eigenvalue weighted by molar-refractivity contribution is 6.31. The quantitative estimate of drug-likeness (QED) is 0.760. The molecule has 0 atom stereocenters. The van der Waals surface area contributed by atoms with Gasteiger partial charge in [0, 0.05) is 12.3 Å². The molecule has 1 rings (SSSR count). The van der Waals surface area contributed by atoms with Crippen molar-refractivity contribution in [2.75, 3.05) is 6.54 Å². The Balaban J connectivity index is 2.81. The highest BCUT2D eigenvalue weighted by Gasteiger charge is 1.98. The minimum atomic E-state index is -0.531. The lowest BCUT2D eigenvalue weighted by Gasteiger charge is -1.96. The van der Waals surface area contributed by atoms with Gasteiger partial charge in [0.2, 0.25) is 5.95 Å². The smallest absolute Gasteiger partial charge is 0.213 e. The highest BCUT2D eigenvalue weighted by Crippen LogP contribution is 2.16. The number of hydrogen-bond donors (Lipinski definition) is 1. The molecule has 1 heterocycles. The second-order valence-electron chi connectivity index (χ2n) is 2.51. The Labute approximate surface area is 81.2 Å². The molecule has 1 aromatic rings. The summed E-state index contributed by atoms with van der Waals surface area (Å²) in [7, 11) is 0. The summed E-state index contributed by atoms with van der Waals surface area (Å²) in [5, 5.41) is 0.440. The van der Waals surface area contributed by atoms with Crippen LogP contribution in [-0.4, -0.2) is 11.5 Å². The minimum absolute atomic E-state index is 0.440. The molecule has 1 aromatic heterocycles. The summed E-state index contributed by atoms with van der Waals surface area (Å²) in [5.41, 5.74) is 5.92. The van der Waals surface area contributed by atoms with E-state index in [0.29, 0.717) is 17.1 Å². The lowest BCUT2D eigenvalue weighted by Crippen LogP contribution is -1.95. The summed E-state index contributed by atoms with van der Waals surface area (Å²) < 4.78 is 12.6. The van der Waals surface area contributed by atoms with Crippen LogP contribution < -0.4 is 5.73 Å². The van der Waals surface area contributed by atoms with Crippen LogP contribution in [0.3, 0.4) is 0 Å². The maximum atomic E-state index is 12.6. The first-order valence-corrected chi connectivity index (χ1v) is 4.29. The fraction of sp³-hybridized carbons (Fsp3) is 0.222. The van der Waals surface area contributed by atoms with Crippen LogP contribution in [0.25, 0.3) is 6.08 Å². The van der Waals surface area contributed by atoms with E-state index < -0.39 is 5.95 Å². The Morgan fingerprint density at radius 1 is 1.62 bits per heavy atom. The fourth-order valence-corrected chi connectivity index (χ4v) is 1.03. The molecule has 4 heteroatoms. The number of hydrogen-bond acceptors (Lipinski definition) is 2. The predicted octanol–water partition coefficient (Wildman–Crippen LogP) is 2.24. The maximum absolute atomic E-state index is 12.6. The molecule has 0 amide bonds. The number of pyridine rings is 1. The summed E-state index contributed by atoms with van der Waals surface area (Å²) >= 11 is 5.76. The first kappa shape index (κ1) is 10.2. The number of aromatic nitrogens is 1. The van der Waals surface area contributed by atoms with Gasteiger partial charge in [0.1, 0.15) is 0 Å². The lowest BCUT2D eigenvalue weighted by atomic mass is 10.2. The number of nitrogens with zero attached hydrogens (tertiary/aromatic N) is 1. The van der Waals surface area contributed by atoms with E-state index in [-0.39, 0.29) is 0 Å². The third-order valence-electron chi connectivity index (χ3n) is 1.48. The zero-order valence-electron chi connectivity index (χ0n) is 7.00. The molecule has 2 N–H and O–H groups in total. The molecule has 0 aliphatic carbocycles. The van der Waals surface area contributed by atoms with Crippen molar-refractivity contribution in [3.63, 3.8) is 0 Å². The molecule has 0 aromatic carbocycles. The molecule has 13 heavy (non-hydrogen) atoms. The fourth-order valence-electron chi connectivity index (χ4n) is 0.862. The van der Waals surface area contributed by atoms with Crippen LogP contribution in [0, 0.1) is 5.95 Å². The van der Waals surface area contributed by atoms with Gasteiger partial charge in [-0.2, -0.15) is 4.39 Å². The summed E-state index contributed by atoms with van der Waals surface area (Å²) in [4.78, 5) is 3.41. The normalized spacial score (nSPS) is 11.0. The van der Waals surface area contributed by atoms with E-state index >= 15 is 0 Å². The van der Waals surface area contributed by atoms with Gasteiger partial charge < -0.3 is 5.73 Å². The van der Waals surface area contributed by atoms with Gasteiger partial charge in [-0.25, -0.2) is 4.98 Å². The highest BCUT2D eigenvalue weighted by atomic mass is 35.5. The van der Waals surface area contributed by atoms with E-state index in [9.17, 15) is 4.39 Å². The molecule has 0 saturated heterocycles. The maximum Gasteiger partial charge on any atom is 0.213 e. The van der Waals surface area contributed by atoms with Gasteiger partial charge in [0.05, 0.1) is 5.02 Å². The van der Waals surface area contributed by atoms with Gasteiger partial charge in [-0.3, -0.25) is 0 Å². The van der Waals surface area contributed by atoms with E-state index in [0.717, 1.165) is 6.42 Å². The molecule has 0 saturated carbocycles. The Morgan fingerprint density at radius 3 is 3.08 bits per heavy atom. The molecule has 0 aliphatic heterocycles. The monoisotopic (exact) mass is 200 g/mol. The Hall–Kier alpha value is -0.930. The first-order valence-electron chi connectivity index (χ1n) is 3.91. The van der Waals surface area contributed by atoms with Crippen molar-refractivity contribution in [3.05, 3.63) is 34.9 Å². The van der Waals surface area contributed by atoms with Crippen molar-refractivity contribution in [2.45, 2.75) is 6.42 Å². The van der Waals surface area contributed by atoms with Crippen molar-refractivity contribution < 1.29 is 4.39 Å². The number of nitrogens with two attached hydrogens (primary N) is 1. The second-order valence-corrected chi connectivity index (χ2v) is 2.92. The minimum Gasteiger partial charge on any atom is -0.330 e. The molecule has 0 unspecified atom stereocenters. The molecule has 2 nitrogen and oxygen atoms in total. The standard InChI is InChI=1S/C9H10ClFN2/c10-8-6-13-9(11)5-7(8)3-1-2-4-12/h1,3,5-6H,2,4,12H2. The van der Waals surface area contributed by atoms with Crippen LogP contribution in [-0.2, 0) is 0 Å². The van der Waals surface area contributed by atoms with Gasteiger partial charge >= 0.3 is 0 Å². The third-order valence-corrected chi connectivity index (χ3v) is 1.80. The lowest BCUT2D eigenvalue weighted by molar-refractivity contribution is 0.583. The van der Waals surface area contributed by atoms with E-state index in [1.54, 1.807) is 6.08 Å². The summed E-state index contributed by atoms with van der Waals surface area (Å²) in [5.74, 6) is -0.531. The van der Waals surface area contributed by atoms with Crippen LogP contribution in [0.15, 0.2) is 18.3 Å². The van der Waals surface area contributed by atoms with Gasteiger partial charge in [-0.05, 0) is 18.5 Å². The van der Waals surface area contributed by atoms with Crippen LogP contribution in [0.1, 0.15) is 12.0 Å². The van der Waals surface area contributed by atoms with Gasteiger partial charge in [-0.15, -0.1) is 0 Å². The second kappa shape index (κ2) is 4.94. The molecule has 0 radical (unpaired) electrons. The molecule has 0 aliphatic rings. The predicted molar refractivity (Wildman–Crippen MR) is 51.9 cm³/mol. The van der Waals surface area contributed by atoms with E-state index in [1.807, 2.05) is 6.08 Å². The zero-order chi connectivity index (χ0) is 9.68. The average Bonchev–Trinajstić information content (AvgIpc) is 2.11. The number of halogens is 2. The molecular weight excluding hydrogens is 191 g/mol. The van der Waals surface area contributed by atoms with Crippen molar-refractivity contribution in [1.29, 1.82) is 0 Å². The topological polar surface area (TPSA) is 38.9 Å². The third kappa shape index (κ3) is 3.13. The zero-order valence-corrected chi connectivity index (χ0v) is 7.76. The van der Waals surface area contributed by atoms with Crippen LogP contribution in [0.5, 0.6) is 0 Å². The average molecular weight is 201 g/mol.